The van der Waals surface area contributed by atoms with Gasteiger partial charge < -0.3 is 5.11 Å². The van der Waals surface area contributed by atoms with Crippen LogP contribution in [0.15, 0.2) is 33.8 Å². The van der Waals surface area contributed by atoms with Crippen molar-refractivity contribution in [2.24, 2.45) is 0 Å². The topological polar surface area (TPSA) is 96.4 Å². The fourth-order valence-corrected chi connectivity index (χ4v) is 3.85. The standard InChI is InChI=1S/C12H11BrN2O4S2/c1-7-14-5-8(20-7)6-15-21(18,19)9-2-3-11(13)10(4-9)12(16)17/h2-5,15H,6H2,1H3,(H,16,17). The van der Waals surface area contributed by atoms with Crippen LogP contribution in [0.4, 0.5) is 0 Å². The number of aromatic carboxylic acids is 1. The van der Waals surface area contributed by atoms with Gasteiger partial charge in [0.25, 0.3) is 0 Å². The number of aromatic nitrogens is 1. The maximum atomic E-state index is 12.2. The fourth-order valence-electron chi connectivity index (χ4n) is 1.57. The molecule has 0 saturated heterocycles. The minimum atomic E-state index is -3.78. The van der Waals surface area contributed by atoms with E-state index in [-0.39, 0.29) is 17.0 Å². The molecule has 0 aliphatic heterocycles. The zero-order valence-electron chi connectivity index (χ0n) is 10.8. The summed E-state index contributed by atoms with van der Waals surface area (Å²) in [5, 5.41) is 9.86. The Balaban J connectivity index is 2.23. The number of nitrogens with one attached hydrogen (secondary N) is 1. The SMILES string of the molecule is Cc1ncc(CNS(=O)(=O)c2ccc(Br)c(C(=O)O)c2)s1. The highest BCUT2D eigenvalue weighted by Crippen LogP contribution is 2.21. The van der Waals surface area contributed by atoms with Crippen molar-refractivity contribution in [2.45, 2.75) is 18.4 Å². The summed E-state index contributed by atoms with van der Waals surface area (Å²) in [5.41, 5.74) is -0.105. The number of hydrogen-bond donors (Lipinski definition) is 2. The molecule has 6 nitrogen and oxygen atoms in total. The lowest BCUT2D eigenvalue weighted by Gasteiger charge is -2.07. The largest absolute Gasteiger partial charge is 0.478 e. The van der Waals surface area contributed by atoms with E-state index in [4.69, 9.17) is 5.11 Å². The molecule has 0 fully saturated rings. The molecule has 0 atom stereocenters. The lowest BCUT2D eigenvalue weighted by atomic mass is 10.2. The van der Waals surface area contributed by atoms with Crippen molar-refractivity contribution in [3.05, 3.63) is 44.3 Å². The number of carboxylic acids is 1. The average Bonchev–Trinajstić information content (AvgIpc) is 2.82. The normalized spacial score (nSPS) is 11.5. The zero-order valence-corrected chi connectivity index (χ0v) is 14.0. The second-order valence-electron chi connectivity index (χ2n) is 4.12. The van der Waals surface area contributed by atoms with Gasteiger partial charge in [0.1, 0.15) is 0 Å². The number of thiazole rings is 1. The predicted molar refractivity (Wildman–Crippen MR) is 82.0 cm³/mol. The van der Waals surface area contributed by atoms with E-state index in [9.17, 15) is 13.2 Å². The molecule has 2 aromatic rings. The van der Waals surface area contributed by atoms with Gasteiger partial charge in [-0.05, 0) is 41.1 Å². The summed E-state index contributed by atoms with van der Waals surface area (Å²) in [5.74, 6) is -1.20. The van der Waals surface area contributed by atoms with E-state index in [1.54, 1.807) is 6.20 Å². The number of halogens is 1. The molecule has 0 aliphatic carbocycles. The van der Waals surface area contributed by atoms with E-state index < -0.39 is 16.0 Å². The summed E-state index contributed by atoms with van der Waals surface area (Å²) in [6, 6.07) is 3.86. The summed E-state index contributed by atoms with van der Waals surface area (Å²) in [4.78, 5) is 15.8. The van der Waals surface area contributed by atoms with Crippen molar-refractivity contribution in [3.63, 3.8) is 0 Å². The van der Waals surface area contributed by atoms with E-state index in [0.29, 0.717) is 4.47 Å². The molecule has 0 spiro atoms. The summed E-state index contributed by atoms with van der Waals surface area (Å²) >= 11 is 4.47. The van der Waals surface area contributed by atoms with Crippen LogP contribution in [0.3, 0.4) is 0 Å². The Kier molecular flexibility index (Phi) is 4.77. The minimum Gasteiger partial charge on any atom is -0.478 e. The molecular formula is C12H11BrN2O4S2. The van der Waals surface area contributed by atoms with E-state index in [2.05, 4.69) is 25.6 Å². The fraction of sp³-hybridized carbons (Fsp3) is 0.167. The van der Waals surface area contributed by atoms with E-state index in [0.717, 1.165) is 16.0 Å². The van der Waals surface area contributed by atoms with Crippen LogP contribution in [0.1, 0.15) is 20.2 Å². The van der Waals surface area contributed by atoms with Crippen LogP contribution < -0.4 is 4.72 Å². The lowest BCUT2D eigenvalue weighted by molar-refractivity contribution is 0.0695. The van der Waals surface area contributed by atoms with Gasteiger partial charge in [-0.25, -0.2) is 22.9 Å². The molecular weight excluding hydrogens is 380 g/mol. The van der Waals surface area contributed by atoms with E-state index in [1.165, 1.54) is 23.5 Å². The predicted octanol–water partition coefficient (Wildman–Crippen LogP) is 2.39. The maximum absolute atomic E-state index is 12.2. The lowest BCUT2D eigenvalue weighted by Crippen LogP contribution is -2.23. The Labute approximate surface area is 134 Å². The van der Waals surface area contributed by atoms with Crippen molar-refractivity contribution in [2.75, 3.05) is 0 Å². The quantitative estimate of drug-likeness (QED) is 0.816. The number of benzene rings is 1. The number of sulfonamides is 1. The summed E-state index contributed by atoms with van der Waals surface area (Å²) in [6.45, 7) is 1.95. The van der Waals surface area contributed by atoms with Crippen molar-refractivity contribution >= 4 is 43.3 Å². The first-order valence-electron chi connectivity index (χ1n) is 5.73. The third kappa shape index (κ3) is 3.88. The van der Waals surface area contributed by atoms with Crippen LogP contribution in [0, 0.1) is 6.92 Å². The van der Waals surface area contributed by atoms with Gasteiger partial charge in [0, 0.05) is 22.1 Å². The van der Waals surface area contributed by atoms with Gasteiger partial charge in [-0.3, -0.25) is 0 Å². The first-order chi connectivity index (χ1) is 9.79. The Hall–Kier alpha value is -1.29. The monoisotopic (exact) mass is 390 g/mol. The third-order valence-corrected chi connectivity index (χ3v) is 5.59. The van der Waals surface area contributed by atoms with Crippen molar-refractivity contribution in [3.8, 4) is 0 Å². The molecule has 9 heteroatoms. The second-order valence-corrected chi connectivity index (χ2v) is 8.06. The van der Waals surface area contributed by atoms with Gasteiger partial charge in [0.2, 0.25) is 10.0 Å². The van der Waals surface area contributed by atoms with E-state index >= 15 is 0 Å². The molecule has 0 bridgehead atoms. The van der Waals surface area contributed by atoms with Gasteiger partial charge in [-0.15, -0.1) is 11.3 Å². The number of nitrogens with zero attached hydrogens (tertiary/aromatic N) is 1. The number of rotatable bonds is 5. The van der Waals surface area contributed by atoms with Crippen LogP contribution >= 0.6 is 27.3 Å². The molecule has 2 rings (SSSR count). The molecule has 0 unspecified atom stereocenters. The van der Waals surface area contributed by atoms with E-state index in [1.807, 2.05) is 6.92 Å². The highest BCUT2D eigenvalue weighted by atomic mass is 79.9. The Morgan fingerprint density at radius 3 is 2.76 bits per heavy atom. The van der Waals surface area contributed by atoms with Gasteiger partial charge in [0.05, 0.1) is 15.5 Å². The third-order valence-electron chi connectivity index (χ3n) is 2.58. The van der Waals surface area contributed by atoms with Gasteiger partial charge in [-0.2, -0.15) is 0 Å². The zero-order chi connectivity index (χ0) is 15.6. The molecule has 2 N–H and O–H groups in total. The summed E-state index contributed by atoms with van der Waals surface area (Å²) < 4.78 is 27.1. The molecule has 0 aliphatic rings. The van der Waals surface area contributed by atoms with Crippen molar-refractivity contribution in [1.82, 2.24) is 9.71 Å². The Bertz CT molecular complexity index is 786. The maximum Gasteiger partial charge on any atom is 0.336 e. The van der Waals surface area contributed by atoms with Gasteiger partial charge >= 0.3 is 5.97 Å². The number of carbonyl (C=O) groups is 1. The van der Waals surface area contributed by atoms with Crippen LogP contribution in [0.25, 0.3) is 0 Å². The molecule has 1 aromatic heterocycles. The Morgan fingerprint density at radius 2 is 2.19 bits per heavy atom. The van der Waals surface area contributed by atoms with Crippen LogP contribution in [0.5, 0.6) is 0 Å². The molecule has 1 heterocycles. The summed E-state index contributed by atoms with van der Waals surface area (Å²) in [7, 11) is -3.78. The van der Waals surface area contributed by atoms with Crippen LogP contribution in [0.2, 0.25) is 0 Å². The summed E-state index contributed by atoms with van der Waals surface area (Å²) in [6.07, 6.45) is 1.60. The highest BCUT2D eigenvalue weighted by molar-refractivity contribution is 9.10. The highest BCUT2D eigenvalue weighted by Gasteiger charge is 2.18. The first-order valence-corrected chi connectivity index (χ1v) is 8.82. The second kappa shape index (κ2) is 6.22. The minimum absolute atomic E-state index is 0.0932. The molecule has 0 radical (unpaired) electrons. The van der Waals surface area contributed by atoms with Gasteiger partial charge in [-0.1, -0.05) is 0 Å². The number of hydrogen-bond acceptors (Lipinski definition) is 5. The molecule has 21 heavy (non-hydrogen) atoms. The van der Waals surface area contributed by atoms with Crippen molar-refractivity contribution in [1.29, 1.82) is 0 Å². The molecule has 1 aromatic carbocycles. The Morgan fingerprint density at radius 1 is 1.48 bits per heavy atom. The first kappa shape index (κ1) is 16.1. The molecule has 112 valence electrons. The number of aryl methyl sites for hydroxylation is 1. The molecule has 0 amide bonds. The van der Waals surface area contributed by atoms with Crippen LogP contribution in [-0.2, 0) is 16.6 Å². The van der Waals surface area contributed by atoms with Crippen LogP contribution in [-0.4, -0.2) is 24.5 Å². The van der Waals surface area contributed by atoms with Crippen molar-refractivity contribution < 1.29 is 18.3 Å². The smallest absolute Gasteiger partial charge is 0.336 e. The average molecular weight is 391 g/mol. The molecule has 0 saturated carbocycles. The van der Waals surface area contributed by atoms with Gasteiger partial charge in [0.15, 0.2) is 0 Å². The number of carboxylic acid groups (broad SMARTS) is 1.